The van der Waals surface area contributed by atoms with E-state index in [2.05, 4.69) is 5.32 Å². The summed E-state index contributed by atoms with van der Waals surface area (Å²) in [4.78, 5) is 0. The summed E-state index contributed by atoms with van der Waals surface area (Å²) in [5.41, 5.74) is 6.99. The molecule has 2 rings (SSSR count). The average molecular weight is 289 g/mol. The first kappa shape index (κ1) is 13.8. The van der Waals surface area contributed by atoms with Gasteiger partial charge in [-0.25, -0.2) is 0 Å². The first-order valence-electron chi connectivity index (χ1n) is 6.27. The number of hydrogen-bond donors (Lipinski definition) is 2. The van der Waals surface area contributed by atoms with Crippen molar-refractivity contribution in [2.75, 3.05) is 24.2 Å². The van der Waals surface area contributed by atoms with E-state index in [1.165, 1.54) is 12.8 Å². The molecule has 1 aliphatic rings. The Hall–Kier alpha value is -0.640. The van der Waals surface area contributed by atoms with Crippen molar-refractivity contribution in [2.24, 2.45) is 0 Å². The van der Waals surface area contributed by atoms with Crippen molar-refractivity contribution in [1.29, 1.82) is 0 Å². The Balaban J connectivity index is 1.86. The summed E-state index contributed by atoms with van der Waals surface area (Å²) in [6, 6.07) is 3.40. The Morgan fingerprint density at radius 3 is 2.61 bits per heavy atom. The fraction of sp³-hybridized carbons (Fsp3) is 0.538. The third-order valence-corrected chi connectivity index (χ3v) is 3.70. The smallest absolute Gasteiger partial charge is 0.0720 e. The van der Waals surface area contributed by atoms with E-state index in [4.69, 9.17) is 33.7 Å². The number of benzene rings is 1. The Morgan fingerprint density at radius 2 is 2.00 bits per heavy atom. The molecule has 100 valence electrons. The molecule has 0 bridgehead atoms. The van der Waals surface area contributed by atoms with E-state index in [0.29, 0.717) is 21.8 Å². The number of nitrogens with one attached hydrogen (secondary N) is 1. The number of nitrogens with two attached hydrogens (primary N) is 1. The van der Waals surface area contributed by atoms with Crippen LogP contribution in [0, 0.1) is 0 Å². The highest BCUT2D eigenvalue weighted by molar-refractivity contribution is 6.39. The van der Waals surface area contributed by atoms with E-state index in [9.17, 15) is 0 Å². The molecule has 3 N–H and O–H groups in total. The van der Waals surface area contributed by atoms with Crippen LogP contribution < -0.4 is 11.1 Å². The van der Waals surface area contributed by atoms with E-state index in [1.54, 1.807) is 12.1 Å². The Kier molecular flexibility index (Phi) is 4.98. The largest absolute Gasteiger partial charge is 0.399 e. The monoisotopic (exact) mass is 288 g/mol. The van der Waals surface area contributed by atoms with Crippen LogP contribution in [0.5, 0.6) is 0 Å². The Bertz CT molecular complexity index is 383. The van der Waals surface area contributed by atoms with E-state index in [1.807, 2.05) is 0 Å². The summed E-state index contributed by atoms with van der Waals surface area (Å²) in [5.74, 6) is 0. The fourth-order valence-corrected chi connectivity index (χ4v) is 2.79. The van der Waals surface area contributed by atoms with Gasteiger partial charge in [-0.2, -0.15) is 0 Å². The fourth-order valence-electron chi connectivity index (χ4n) is 2.15. The molecule has 1 atom stereocenters. The van der Waals surface area contributed by atoms with Gasteiger partial charge in [-0.15, -0.1) is 0 Å². The van der Waals surface area contributed by atoms with Crippen molar-refractivity contribution in [3.63, 3.8) is 0 Å². The maximum atomic E-state index is 6.10. The highest BCUT2D eigenvalue weighted by atomic mass is 35.5. The van der Waals surface area contributed by atoms with Crippen LogP contribution in [0.2, 0.25) is 10.0 Å². The zero-order valence-electron chi connectivity index (χ0n) is 10.2. The molecule has 0 amide bonds. The summed E-state index contributed by atoms with van der Waals surface area (Å²) in [6.45, 7) is 1.68. The summed E-state index contributed by atoms with van der Waals surface area (Å²) in [5, 5.41) is 4.38. The lowest BCUT2D eigenvalue weighted by molar-refractivity contribution is 0.0134. The van der Waals surface area contributed by atoms with Gasteiger partial charge in [-0.3, -0.25) is 0 Å². The lowest BCUT2D eigenvalue weighted by Crippen LogP contribution is -2.22. The molecule has 5 heteroatoms. The van der Waals surface area contributed by atoms with E-state index < -0.39 is 0 Å². The third kappa shape index (κ3) is 3.67. The van der Waals surface area contributed by atoms with Crippen molar-refractivity contribution in [3.05, 3.63) is 22.2 Å². The van der Waals surface area contributed by atoms with Crippen LogP contribution in [-0.4, -0.2) is 19.3 Å². The highest BCUT2D eigenvalue weighted by Gasteiger charge is 2.14. The van der Waals surface area contributed by atoms with E-state index in [-0.39, 0.29) is 0 Å². The molecule has 1 aliphatic heterocycles. The Morgan fingerprint density at radius 1 is 1.28 bits per heavy atom. The maximum Gasteiger partial charge on any atom is 0.0720 e. The topological polar surface area (TPSA) is 47.3 Å². The van der Waals surface area contributed by atoms with Gasteiger partial charge >= 0.3 is 0 Å². The first-order valence-corrected chi connectivity index (χ1v) is 7.02. The van der Waals surface area contributed by atoms with Gasteiger partial charge in [0.15, 0.2) is 0 Å². The van der Waals surface area contributed by atoms with Gasteiger partial charge in [0.1, 0.15) is 0 Å². The van der Waals surface area contributed by atoms with Gasteiger partial charge in [0, 0.05) is 18.8 Å². The predicted molar refractivity (Wildman–Crippen MR) is 77.6 cm³/mol. The average Bonchev–Trinajstić information content (AvgIpc) is 2.34. The molecule has 0 saturated carbocycles. The molecule has 1 aromatic carbocycles. The first-order chi connectivity index (χ1) is 8.66. The van der Waals surface area contributed by atoms with Gasteiger partial charge in [0.2, 0.25) is 0 Å². The molecule has 0 radical (unpaired) electrons. The number of ether oxygens (including phenoxy) is 1. The van der Waals surface area contributed by atoms with Crippen molar-refractivity contribution >= 4 is 34.6 Å². The molecule has 1 fully saturated rings. The number of halogens is 2. The molecule has 1 heterocycles. The summed E-state index contributed by atoms with van der Waals surface area (Å²) in [7, 11) is 0. The molecule has 0 aliphatic carbocycles. The second-order valence-corrected chi connectivity index (χ2v) is 5.38. The minimum atomic E-state index is 0.359. The summed E-state index contributed by atoms with van der Waals surface area (Å²) < 4.78 is 5.67. The normalized spacial score (nSPS) is 19.8. The lowest BCUT2D eigenvalue weighted by Gasteiger charge is -2.23. The maximum absolute atomic E-state index is 6.10. The third-order valence-electron chi connectivity index (χ3n) is 3.11. The molecule has 0 spiro atoms. The second-order valence-electron chi connectivity index (χ2n) is 4.56. The highest BCUT2D eigenvalue weighted by Crippen LogP contribution is 2.32. The number of nitrogen functional groups attached to an aromatic ring is 1. The minimum Gasteiger partial charge on any atom is -0.399 e. The number of anilines is 2. The van der Waals surface area contributed by atoms with Gasteiger partial charge in [-0.1, -0.05) is 23.2 Å². The van der Waals surface area contributed by atoms with Crippen LogP contribution >= 0.6 is 23.2 Å². The molecule has 3 nitrogen and oxygen atoms in total. The van der Waals surface area contributed by atoms with Gasteiger partial charge in [0.25, 0.3) is 0 Å². The molecular weight excluding hydrogens is 271 g/mol. The number of rotatable bonds is 4. The van der Waals surface area contributed by atoms with Crippen LogP contribution in [0.3, 0.4) is 0 Å². The zero-order chi connectivity index (χ0) is 13.0. The second kappa shape index (κ2) is 6.50. The lowest BCUT2D eigenvalue weighted by atomic mass is 10.1. The molecule has 1 aromatic rings. The van der Waals surface area contributed by atoms with Crippen LogP contribution in [0.1, 0.15) is 25.7 Å². The number of hydrogen-bond acceptors (Lipinski definition) is 3. The molecule has 1 saturated heterocycles. The van der Waals surface area contributed by atoms with Crippen LogP contribution in [0.25, 0.3) is 0 Å². The standard InChI is InChI=1S/C13H18Cl2N2O/c14-11-7-9(16)8-12(15)13(11)17-5-4-10-3-1-2-6-18-10/h7-8,10,17H,1-6,16H2. The van der Waals surface area contributed by atoms with E-state index >= 15 is 0 Å². The molecular formula is C13H18Cl2N2O. The van der Waals surface area contributed by atoms with Gasteiger partial charge in [-0.05, 0) is 37.8 Å². The van der Waals surface area contributed by atoms with Crippen LogP contribution in [0.4, 0.5) is 11.4 Å². The SMILES string of the molecule is Nc1cc(Cl)c(NCCC2CCCCO2)c(Cl)c1. The predicted octanol–water partition coefficient (Wildman–Crippen LogP) is 3.95. The van der Waals surface area contributed by atoms with Crippen molar-refractivity contribution in [1.82, 2.24) is 0 Å². The van der Waals surface area contributed by atoms with Gasteiger partial charge in [0.05, 0.1) is 21.8 Å². The van der Waals surface area contributed by atoms with Crippen molar-refractivity contribution < 1.29 is 4.74 Å². The van der Waals surface area contributed by atoms with Crippen LogP contribution in [0.15, 0.2) is 12.1 Å². The Labute approximate surface area is 118 Å². The van der Waals surface area contributed by atoms with Crippen molar-refractivity contribution in [2.45, 2.75) is 31.8 Å². The van der Waals surface area contributed by atoms with Gasteiger partial charge < -0.3 is 15.8 Å². The minimum absolute atomic E-state index is 0.359. The summed E-state index contributed by atoms with van der Waals surface area (Å²) in [6.07, 6.45) is 4.91. The summed E-state index contributed by atoms with van der Waals surface area (Å²) >= 11 is 12.2. The quantitative estimate of drug-likeness (QED) is 0.825. The molecule has 0 aromatic heterocycles. The van der Waals surface area contributed by atoms with Crippen molar-refractivity contribution in [3.8, 4) is 0 Å². The van der Waals surface area contributed by atoms with E-state index in [0.717, 1.165) is 31.7 Å². The molecule has 1 unspecified atom stereocenters. The molecule has 18 heavy (non-hydrogen) atoms. The van der Waals surface area contributed by atoms with Crippen LogP contribution in [-0.2, 0) is 4.74 Å². The zero-order valence-corrected chi connectivity index (χ0v) is 11.7.